The average Bonchev–Trinajstić information content (AvgIpc) is 2.27. The number of methoxy groups -OCH3 is 1. The van der Waals surface area contributed by atoms with Gasteiger partial charge in [-0.05, 0) is 6.92 Å². The number of aliphatic hydroxyl groups excluding tert-OH is 3. The molecule has 16 heavy (non-hydrogen) atoms. The molecule has 5 atom stereocenters. The highest BCUT2D eigenvalue weighted by molar-refractivity contribution is 5.75. The van der Waals surface area contributed by atoms with Gasteiger partial charge in [-0.2, -0.15) is 0 Å². The van der Waals surface area contributed by atoms with E-state index in [1.54, 1.807) is 6.92 Å². The summed E-state index contributed by atoms with van der Waals surface area (Å²) in [6.45, 7) is 1.73. The van der Waals surface area contributed by atoms with Crippen molar-refractivity contribution >= 4 is 5.97 Å². The van der Waals surface area contributed by atoms with E-state index < -0.39 is 36.7 Å². The van der Waals surface area contributed by atoms with Crippen molar-refractivity contribution < 1.29 is 34.3 Å². The molecule has 1 saturated heterocycles. The summed E-state index contributed by atoms with van der Waals surface area (Å²) in [7, 11) is 1.25. The first-order valence-corrected chi connectivity index (χ1v) is 4.92. The van der Waals surface area contributed by atoms with Crippen molar-refractivity contribution in [1.82, 2.24) is 0 Å². The minimum Gasteiger partial charge on any atom is -0.464 e. The summed E-state index contributed by atoms with van der Waals surface area (Å²) in [5.41, 5.74) is 0. The van der Waals surface area contributed by atoms with Gasteiger partial charge in [0.25, 0.3) is 0 Å². The Morgan fingerprint density at radius 1 is 1.25 bits per heavy atom. The van der Waals surface area contributed by atoms with Crippen LogP contribution in [0.2, 0.25) is 0 Å². The largest absolute Gasteiger partial charge is 0.464 e. The van der Waals surface area contributed by atoms with Crippen LogP contribution in [0.1, 0.15) is 6.92 Å². The van der Waals surface area contributed by atoms with E-state index in [0.29, 0.717) is 0 Å². The lowest BCUT2D eigenvalue weighted by Gasteiger charge is -2.38. The minimum absolute atomic E-state index is 0.127. The van der Waals surface area contributed by atoms with Crippen molar-refractivity contribution in [3.05, 3.63) is 0 Å². The van der Waals surface area contributed by atoms with Crippen LogP contribution in [0.3, 0.4) is 0 Å². The van der Waals surface area contributed by atoms with Gasteiger partial charge in [0.05, 0.1) is 6.61 Å². The smallest absolute Gasteiger partial charge is 0.338 e. The number of aliphatic hydroxyl groups is 3. The molecule has 1 rings (SSSR count). The molecule has 7 nitrogen and oxygen atoms in total. The summed E-state index contributed by atoms with van der Waals surface area (Å²) in [5, 5.41) is 28.4. The van der Waals surface area contributed by atoms with Gasteiger partial charge >= 0.3 is 5.97 Å². The van der Waals surface area contributed by atoms with Crippen LogP contribution in [-0.4, -0.2) is 65.7 Å². The summed E-state index contributed by atoms with van der Waals surface area (Å²) in [6.07, 6.45) is -7.00. The molecule has 0 aromatic heterocycles. The van der Waals surface area contributed by atoms with Crippen molar-refractivity contribution in [3.63, 3.8) is 0 Å². The Bertz CT molecular complexity index is 242. The Morgan fingerprint density at radius 2 is 1.88 bits per heavy atom. The number of hydrogen-bond acceptors (Lipinski definition) is 7. The summed E-state index contributed by atoms with van der Waals surface area (Å²) >= 11 is 0. The molecule has 94 valence electrons. The third-order valence-electron chi connectivity index (χ3n) is 2.32. The third kappa shape index (κ3) is 2.50. The van der Waals surface area contributed by atoms with Gasteiger partial charge in [-0.1, -0.05) is 0 Å². The topological polar surface area (TPSA) is 105 Å². The molecule has 0 aliphatic carbocycles. The Kier molecular flexibility index (Phi) is 4.63. The van der Waals surface area contributed by atoms with E-state index in [4.69, 9.17) is 9.47 Å². The van der Waals surface area contributed by atoms with E-state index in [-0.39, 0.29) is 6.61 Å². The van der Waals surface area contributed by atoms with E-state index in [1.807, 2.05) is 0 Å². The van der Waals surface area contributed by atoms with Crippen molar-refractivity contribution in [2.45, 2.75) is 37.6 Å². The molecule has 0 aromatic carbocycles. The van der Waals surface area contributed by atoms with E-state index >= 15 is 0 Å². The Balaban J connectivity index is 2.74. The maximum Gasteiger partial charge on any atom is 0.338 e. The summed E-state index contributed by atoms with van der Waals surface area (Å²) in [6, 6.07) is 0. The Morgan fingerprint density at radius 3 is 2.38 bits per heavy atom. The fourth-order valence-corrected chi connectivity index (χ4v) is 1.46. The zero-order chi connectivity index (χ0) is 12.3. The molecule has 7 heteroatoms. The Hall–Kier alpha value is -0.730. The fourth-order valence-electron chi connectivity index (χ4n) is 1.46. The van der Waals surface area contributed by atoms with Crippen LogP contribution in [-0.2, 0) is 19.0 Å². The molecule has 1 aliphatic heterocycles. The van der Waals surface area contributed by atoms with Gasteiger partial charge in [-0.15, -0.1) is 0 Å². The molecule has 0 amide bonds. The molecule has 1 aliphatic rings. The van der Waals surface area contributed by atoms with E-state index in [2.05, 4.69) is 4.74 Å². The van der Waals surface area contributed by atoms with Crippen LogP contribution in [0.5, 0.6) is 0 Å². The lowest BCUT2D eigenvalue weighted by atomic mass is 9.99. The molecule has 0 spiro atoms. The Labute approximate surface area is 92.5 Å². The van der Waals surface area contributed by atoms with Gasteiger partial charge in [0.2, 0.25) is 0 Å². The van der Waals surface area contributed by atoms with Crippen LogP contribution in [0, 0.1) is 0 Å². The number of esters is 1. The quantitative estimate of drug-likeness (QED) is 0.487. The third-order valence-corrected chi connectivity index (χ3v) is 2.32. The van der Waals surface area contributed by atoms with Crippen molar-refractivity contribution in [1.29, 1.82) is 0 Å². The molecule has 1 heterocycles. The van der Waals surface area contributed by atoms with Crippen molar-refractivity contribution in [3.8, 4) is 0 Å². The lowest BCUT2D eigenvalue weighted by molar-refractivity contribution is -0.288. The van der Waals surface area contributed by atoms with Gasteiger partial charge in [0.15, 0.2) is 12.4 Å². The first-order chi connectivity index (χ1) is 7.52. The SMILES string of the molecule is CCOC(=O)[C@H]1O[C@H](OC)[C@H](O)[C@@H](O)[C@@H]1O. The summed E-state index contributed by atoms with van der Waals surface area (Å²) in [5.74, 6) is -0.803. The highest BCUT2D eigenvalue weighted by Crippen LogP contribution is 2.22. The average molecular weight is 236 g/mol. The minimum atomic E-state index is -1.54. The van der Waals surface area contributed by atoms with Crippen LogP contribution in [0.15, 0.2) is 0 Å². The van der Waals surface area contributed by atoms with Crippen LogP contribution in [0.25, 0.3) is 0 Å². The van der Waals surface area contributed by atoms with Gasteiger partial charge in [-0.3, -0.25) is 0 Å². The molecule has 0 radical (unpaired) electrons. The molecule has 0 aromatic rings. The van der Waals surface area contributed by atoms with Gasteiger partial charge in [0.1, 0.15) is 18.3 Å². The highest BCUT2D eigenvalue weighted by Gasteiger charge is 2.47. The highest BCUT2D eigenvalue weighted by atomic mass is 16.7. The number of carbonyl (C=O) groups excluding carboxylic acids is 1. The van der Waals surface area contributed by atoms with E-state index in [1.165, 1.54) is 7.11 Å². The summed E-state index contributed by atoms with van der Waals surface area (Å²) in [4.78, 5) is 11.4. The second-order valence-corrected chi connectivity index (χ2v) is 3.38. The van der Waals surface area contributed by atoms with Gasteiger partial charge in [-0.25, -0.2) is 4.79 Å². The first kappa shape index (κ1) is 13.3. The fraction of sp³-hybridized carbons (Fsp3) is 0.889. The molecule has 1 fully saturated rings. The van der Waals surface area contributed by atoms with Crippen LogP contribution in [0.4, 0.5) is 0 Å². The monoisotopic (exact) mass is 236 g/mol. The molecule has 0 bridgehead atoms. The van der Waals surface area contributed by atoms with Crippen LogP contribution >= 0.6 is 0 Å². The molecule has 3 N–H and O–H groups in total. The maximum absolute atomic E-state index is 11.4. The van der Waals surface area contributed by atoms with Gasteiger partial charge in [0, 0.05) is 7.11 Å². The predicted octanol–water partition coefficient (Wildman–Crippen LogP) is -2.00. The number of hydrogen-bond donors (Lipinski definition) is 3. The number of carbonyl (C=O) groups is 1. The van der Waals surface area contributed by atoms with E-state index in [9.17, 15) is 20.1 Å². The molecular formula is C9H16O7. The molecule has 0 saturated carbocycles. The van der Waals surface area contributed by atoms with Crippen molar-refractivity contribution in [2.75, 3.05) is 13.7 Å². The summed E-state index contributed by atoms with van der Waals surface area (Å²) < 4.78 is 14.4. The van der Waals surface area contributed by atoms with Gasteiger partial charge < -0.3 is 29.5 Å². The van der Waals surface area contributed by atoms with Crippen molar-refractivity contribution in [2.24, 2.45) is 0 Å². The lowest BCUT2D eigenvalue weighted by Crippen LogP contribution is -2.60. The molecule has 0 unspecified atom stereocenters. The first-order valence-electron chi connectivity index (χ1n) is 4.92. The normalized spacial score (nSPS) is 39.4. The number of ether oxygens (including phenoxy) is 3. The van der Waals surface area contributed by atoms with E-state index in [0.717, 1.165) is 0 Å². The zero-order valence-corrected chi connectivity index (χ0v) is 9.07. The molecular weight excluding hydrogens is 220 g/mol. The predicted molar refractivity (Wildman–Crippen MR) is 50.3 cm³/mol. The zero-order valence-electron chi connectivity index (χ0n) is 9.07. The number of rotatable bonds is 3. The second kappa shape index (κ2) is 5.55. The standard InChI is InChI=1S/C9H16O7/c1-3-15-8(13)7-5(11)4(10)6(12)9(14-2)16-7/h4-7,9-12H,3H2,1-2H3/t4-,5-,6+,7-,9-/m0/s1. The van der Waals surface area contributed by atoms with Crippen LogP contribution < -0.4 is 0 Å². The maximum atomic E-state index is 11.4. The second-order valence-electron chi connectivity index (χ2n) is 3.38.